The summed E-state index contributed by atoms with van der Waals surface area (Å²) in [5, 5.41) is 16.2. The minimum absolute atomic E-state index is 0.0309. The van der Waals surface area contributed by atoms with Gasteiger partial charge in [0.25, 0.3) is 5.91 Å². The fourth-order valence-corrected chi connectivity index (χ4v) is 2.00. The number of rotatable bonds is 5. The predicted molar refractivity (Wildman–Crippen MR) is 72.8 cm³/mol. The van der Waals surface area contributed by atoms with Gasteiger partial charge in [0, 0.05) is 25.1 Å². The van der Waals surface area contributed by atoms with Crippen molar-refractivity contribution in [3.05, 3.63) is 34.4 Å². The van der Waals surface area contributed by atoms with E-state index < -0.39 is 4.92 Å². The molecule has 2 amide bonds. The number of benzene rings is 1. The maximum absolute atomic E-state index is 11.7. The molecule has 1 aromatic carbocycles. The van der Waals surface area contributed by atoms with Crippen LogP contribution in [0.4, 0.5) is 5.69 Å². The van der Waals surface area contributed by atoms with Gasteiger partial charge in [-0.15, -0.1) is 0 Å². The summed E-state index contributed by atoms with van der Waals surface area (Å²) in [6.07, 6.45) is 0.943. The molecule has 0 radical (unpaired) electrons. The van der Waals surface area contributed by atoms with Crippen molar-refractivity contribution in [3.8, 4) is 5.75 Å². The summed E-state index contributed by atoms with van der Waals surface area (Å²) in [5.74, 6) is -0.361. The number of ether oxygens (including phenoxy) is 1. The van der Waals surface area contributed by atoms with Gasteiger partial charge in [0.1, 0.15) is 0 Å². The first-order valence-electron chi connectivity index (χ1n) is 6.48. The summed E-state index contributed by atoms with van der Waals surface area (Å²) in [6, 6.07) is 5.73. The van der Waals surface area contributed by atoms with Crippen LogP contribution in [0.2, 0.25) is 0 Å². The molecule has 0 aromatic heterocycles. The molecule has 1 aliphatic rings. The van der Waals surface area contributed by atoms with Crippen LogP contribution < -0.4 is 15.4 Å². The van der Waals surface area contributed by atoms with Crippen LogP contribution in [-0.2, 0) is 9.59 Å². The van der Waals surface area contributed by atoms with Crippen molar-refractivity contribution in [3.63, 3.8) is 0 Å². The third-order valence-corrected chi connectivity index (χ3v) is 3.05. The molecule has 0 saturated carbocycles. The average molecular weight is 293 g/mol. The summed E-state index contributed by atoms with van der Waals surface area (Å²) in [5.41, 5.74) is -0.185. The van der Waals surface area contributed by atoms with E-state index in [-0.39, 0.29) is 35.9 Å². The van der Waals surface area contributed by atoms with E-state index in [9.17, 15) is 19.7 Å². The highest BCUT2D eigenvalue weighted by molar-refractivity contribution is 5.79. The molecule has 1 fully saturated rings. The number of hydrogen-bond acceptors (Lipinski definition) is 5. The fraction of sp³-hybridized carbons (Fsp3) is 0.385. The normalized spacial score (nSPS) is 17.7. The van der Waals surface area contributed by atoms with E-state index in [4.69, 9.17) is 4.74 Å². The van der Waals surface area contributed by atoms with Crippen LogP contribution in [0.15, 0.2) is 24.3 Å². The van der Waals surface area contributed by atoms with E-state index in [2.05, 4.69) is 10.6 Å². The highest BCUT2D eigenvalue weighted by atomic mass is 16.6. The Bertz CT molecular complexity index is 550. The van der Waals surface area contributed by atoms with Crippen molar-refractivity contribution in [2.45, 2.75) is 18.9 Å². The van der Waals surface area contributed by atoms with Crippen molar-refractivity contribution in [1.29, 1.82) is 0 Å². The van der Waals surface area contributed by atoms with Gasteiger partial charge in [-0.05, 0) is 12.5 Å². The van der Waals surface area contributed by atoms with E-state index in [0.717, 1.165) is 0 Å². The number of amides is 2. The van der Waals surface area contributed by atoms with Gasteiger partial charge in [0.05, 0.1) is 4.92 Å². The van der Waals surface area contributed by atoms with E-state index in [1.165, 1.54) is 18.2 Å². The number of nitro benzene ring substituents is 1. The van der Waals surface area contributed by atoms with Crippen LogP contribution in [-0.4, -0.2) is 35.9 Å². The van der Waals surface area contributed by atoms with Crippen LogP contribution >= 0.6 is 0 Å². The fourth-order valence-electron chi connectivity index (χ4n) is 2.00. The lowest BCUT2D eigenvalue weighted by atomic mass is 10.1. The first-order chi connectivity index (χ1) is 10.1. The molecule has 21 heavy (non-hydrogen) atoms. The lowest BCUT2D eigenvalue weighted by molar-refractivity contribution is -0.385. The minimum atomic E-state index is -0.566. The molecule has 1 aliphatic heterocycles. The van der Waals surface area contributed by atoms with Gasteiger partial charge < -0.3 is 15.4 Å². The Kier molecular flexibility index (Phi) is 4.70. The molecule has 2 N–H and O–H groups in total. The molecule has 1 saturated heterocycles. The summed E-state index contributed by atoms with van der Waals surface area (Å²) in [6.45, 7) is 0.0748. The number of carbonyl (C=O) groups excluding carboxylic acids is 2. The topological polar surface area (TPSA) is 111 Å². The third-order valence-electron chi connectivity index (χ3n) is 3.05. The smallest absolute Gasteiger partial charge is 0.310 e. The van der Waals surface area contributed by atoms with Crippen molar-refractivity contribution in [1.82, 2.24) is 10.6 Å². The van der Waals surface area contributed by atoms with Gasteiger partial charge in [-0.1, -0.05) is 12.1 Å². The summed E-state index contributed by atoms with van der Waals surface area (Å²) < 4.78 is 5.18. The standard InChI is InChI=1S/C13H15N3O5/c17-12-6-5-9(7-14-12)15-13(18)8-21-11-4-2-1-3-10(11)16(19)20/h1-4,9H,5-8H2,(H,14,17)(H,15,18). The van der Waals surface area contributed by atoms with E-state index >= 15 is 0 Å². The maximum Gasteiger partial charge on any atom is 0.310 e. The van der Waals surface area contributed by atoms with Crippen molar-refractivity contribution in [2.24, 2.45) is 0 Å². The Balaban J connectivity index is 1.84. The number of carbonyl (C=O) groups is 2. The summed E-state index contributed by atoms with van der Waals surface area (Å²) in [4.78, 5) is 33.0. The Morgan fingerprint density at radius 1 is 1.48 bits per heavy atom. The largest absolute Gasteiger partial charge is 0.477 e. The molecule has 1 heterocycles. The second-order valence-electron chi connectivity index (χ2n) is 4.62. The molecule has 0 bridgehead atoms. The Morgan fingerprint density at radius 2 is 2.24 bits per heavy atom. The van der Waals surface area contributed by atoms with Gasteiger partial charge in [-0.25, -0.2) is 0 Å². The zero-order chi connectivity index (χ0) is 15.2. The van der Waals surface area contributed by atoms with Crippen molar-refractivity contribution < 1.29 is 19.2 Å². The molecule has 1 aromatic rings. The molecule has 1 atom stereocenters. The second-order valence-corrected chi connectivity index (χ2v) is 4.62. The lowest BCUT2D eigenvalue weighted by Crippen LogP contribution is -2.48. The van der Waals surface area contributed by atoms with Crippen molar-refractivity contribution in [2.75, 3.05) is 13.2 Å². The Hall–Kier alpha value is -2.64. The molecular weight excluding hydrogens is 278 g/mol. The Labute approximate surface area is 120 Å². The number of para-hydroxylation sites is 2. The van der Waals surface area contributed by atoms with Gasteiger partial charge in [0.2, 0.25) is 5.91 Å². The monoisotopic (exact) mass is 293 g/mol. The Morgan fingerprint density at radius 3 is 2.90 bits per heavy atom. The maximum atomic E-state index is 11.7. The summed E-state index contributed by atoms with van der Waals surface area (Å²) >= 11 is 0. The van der Waals surface area contributed by atoms with Gasteiger partial charge >= 0.3 is 5.69 Å². The first kappa shape index (κ1) is 14.8. The predicted octanol–water partition coefficient (Wildman–Crippen LogP) is 0.368. The molecule has 112 valence electrons. The van der Waals surface area contributed by atoms with E-state index in [0.29, 0.717) is 19.4 Å². The first-order valence-corrected chi connectivity index (χ1v) is 6.48. The molecular formula is C13H15N3O5. The molecule has 0 spiro atoms. The quantitative estimate of drug-likeness (QED) is 0.602. The van der Waals surface area contributed by atoms with Gasteiger partial charge in [-0.2, -0.15) is 0 Å². The van der Waals surface area contributed by atoms with Crippen LogP contribution in [0.25, 0.3) is 0 Å². The second kappa shape index (κ2) is 6.69. The molecule has 0 aliphatic carbocycles. The zero-order valence-electron chi connectivity index (χ0n) is 11.2. The van der Waals surface area contributed by atoms with Crippen LogP contribution in [0.5, 0.6) is 5.75 Å². The molecule has 2 rings (SSSR count). The number of nitrogens with zero attached hydrogens (tertiary/aromatic N) is 1. The van der Waals surface area contributed by atoms with Crippen LogP contribution in [0.3, 0.4) is 0 Å². The molecule has 8 nitrogen and oxygen atoms in total. The van der Waals surface area contributed by atoms with Crippen molar-refractivity contribution >= 4 is 17.5 Å². The van der Waals surface area contributed by atoms with Gasteiger partial charge in [0.15, 0.2) is 12.4 Å². The highest BCUT2D eigenvalue weighted by Gasteiger charge is 2.20. The van der Waals surface area contributed by atoms with Crippen LogP contribution in [0, 0.1) is 10.1 Å². The number of nitro groups is 1. The van der Waals surface area contributed by atoms with E-state index in [1.807, 2.05) is 0 Å². The lowest BCUT2D eigenvalue weighted by Gasteiger charge is -2.23. The van der Waals surface area contributed by atoms with Crippen LogP contribution in [0.1, 0.15) is 12.8 Å². The number of hydrogen-bond donors (Lipinski definition) is 2. The summed E-state index contributed by atoms with van der Waals surface area (Å²) in [7, 11) is 0. The minimum Gasteiger partial charge on any atom is -0.477 e. The number of nitrogens with one attached hydrogen (secondary N) is 2. The zero-order valence-corrected chi connectivity index (χ0v) is 11.2. The van der Waals surface area contributed by atoms with Gasteiger partial charge in [-0.3, -0.25) is 19.7 Å². The van der Waals surface area contributed by atoms with E-state index in [1.54, 1.807) is 6.07 Å². The average Bonchev–Trinajstić information content (AvgIpc) is 2.48. The SMILES string of the molecule is O=C1CCC(NC(=O)COc2ccccc2[N+](=O)[O-])CN1. The highest BCUT2D eigenvalue weighted by Crippen LogP contribution is 2.25. The third kappa shape index (κ3) is 4.16. The molecule has 1 unspecified atom stereocenters. The number of piperidine rings is 1. The molecule has 8 heteroatoms.